The van der Waals surface area contributed by atoms with Crippen LogP contribution in [0.2, 0.25) is 5.02 Å². The van der Waals surface area contributed by atoms with Crippen molar-refractivity contribution < 1.29 is 4.74 Å². The number of benzene rings is 2. The fourth-order valence-electron chi connectivity index (χ4n) is 2.91. The third-order valence-corrected chi connectivity index (χ3v) is 6.01. The molecule has 4 rings (SSSR count). The molecule has 2 heterocycles. The number of rotatable bonds is 6. The van der Waals surface area contributed by atoms with Crippen molar-refractivity contribution in [1.82, 2.24) is 15.0 Å². The van der Waals surface area contributed by atoms with Crippen LogP contribution in [0.15, 0.2) is 60.8 Å². The minimum atomic E-state index is 0.515. The molecule has 0 fully saturated rings. The van der Waals surface area contributed by atoms with Gasteiger partial charge in [0, 0.05) is 35.7 Å². The molecule has 0 unspecified atom stereocenters. The Balaban J connectivity index is 1.60. The number of halogens is 1. The van der Waals surface area contributed by atoms with Crippen LogP contribution >= 0.6 is 22.9 Å². The van der Waals surface area contributed by atoms with Crippen molar-refractivity contribution >= 4 is 45.4 Å². The van der Waals surface area contributed by atoms with E-state index in [0.29, 0.717) is 11.0 Å². The Morgan fingerprint density at radius 3 is 2.63 bits per heavy atom. The molecule has 6 nitrogen and oxygen atoms in total. The second-order valence-electron chi connectivity index (χ2n) is 6.57. The molecule has 30 heavy (non-hydrogen) atoms. The van der Waals surface area contributed by atoms with Crippen molar-refractivity contribution in [2.75, 3.05) is 24.4 Å². The van der Waals surface area contributed by atoms with E-state index >= 15 is 0 Å². The van der Waals surface area contributed by atoms with Crippen molar-refractivity contribution in [2.45, 2.75) is 6.92 Å². The first kappa shape index (κ1) is 20.1. The summed E-state index contributed by atoms with van der Waals surface area (Å²) in [6, 6.07) is 17.2. The lowest BCUT2D eigenvalue weighted by Crippen LogP contribution is -2.08. The van der Waals surface area contributed by atoms with Gasteiger partial charge in [-0.25, -0.2) is 15.0 Å². The molecule has 0 amide bonds. The molecule has 0 aliphatic heterocycles. The second kappa shape index (κ2) is 8.69. The fourth-order valence-corrected chi connectivity index (χ4v) is 4.06. The first-order valence-corrected chi connectivity index (χ1v) is 10.4. The first-order valence-electron chi connectivity index (χ1n) is 9.25. The SMILES string of the molecule is COc1cccc(Nc2nccc(-c3sc(N(C)c4ccc(Cl)cc4)nc3C)n2)c1. The smallest absolute Gasteiger partial charge is 0.227 e. The number of ether oxygens (including phenoxy) is 1. The van der Waals surface area contributed by atoms with E-state index in [1.165, 1.54) is 0 Å². The maximum atomic E-state index is 6.00. The summed E-state index contributed by atoms with van der Waals surface area (Å²) in [5, 5.41) is 4.82. The van der Waals surface area contributed by atoms with Gasteiger partial charge in [-0.2, -0.15) is 0 Å². The molecule has 1 N–H and O–H groups in total. The van der Waals surface area contributed by atoms with E-state index in [1.54, 1.807) is 24.6 Å². The van der Waals surface area contributed by atoms with Crippen molar-refractivity contribution in [2.24, 2.45) is 0 Å². The van der Waals surface area contributed by atoms with Gasteiger partial charge in [0.2, 0.25) is 5.95 Å². The lowest BCUT2D eigenvalue weighted by Gasteiger charge is -2.15. The van der Waals surface area contributed by atoms with Crippen molar-refractivity contribution in [3.8, 4) is 16.3 Å². The van der Waals surface area contributed by atoms with E-state index in [-0.39, 0.29) is 0 Å². The standard InChI is InChI=1S/C22H20ClN5OS/c1-14-20(30-22(25-14)28(2)17-9-7-15(23)8-10-17)19-11-12-24-21(27-19)26-16-5-4-6-18(13-16)29-3/h4-13H,1-3H3,(H,24,26,27). The van der Waals surface area contributed by atoms with E-state index in [1.807, 2.05) is 73.5 Å². The number of hydrogen-bond donors (Lipinski definition) is 1. The molecule has 0 aliphatic rings. The number of hydrogen-bond acceptors (Lipinski definition) is 7. The van der Waals surface area contributed by atoms with Gasteiger partial charge in [-0.1, -0.05) is 29.0 Å². The van der Waals surface area contributed by atoms with Crippen LogP contribution in [0.25, 0.3) is 10.6 Å². The minimum absolute atomic E-state index is 0.515. The predicted molar refractivity (Wildman–Crippen MR) is 124 cm³/mol. The highest BCUT2D eigenvalue weighted by Crippen LogP contribution is 2.36. The zero-order valence-corrected chi connectivity index (χ0v) is 18.3. The molecule has 0 radical (unpaired) electrons. The topological polar surface area (TPSA) is 63.2 Å². The Kier molecular flexibility index (Phi) is 5.83. The zero-order chi connectivity index (χ0) is 21.1. The molecule has 0 bridgehead atoms. The molecule has 2 aromatic heterocycles. The van der Waals surface area contributed by atoms with Gasteiger partial charge in [0.25, 0.3) is 0 Å². The lowest BCUT2D eigenvalue weighted by molar-refractivity contribution is 0.415. The van der Waals surface area contributed by atoms with Crippen LogP contribution in [0, 0.1) is 6.92 Å². The van der Waals surface area contributed by atoms with Gasteiger partial charge >= 0.3 is 0 Å². The van der Waals surface area contributed by atoms with Crippen LogP contribution in [-0.4, -0.2) is 29.1 Å². The van der Waals surface area contributed by atoms with Gasteiger partial charge in [-0.3, -0.25) is 0 Å². The van der Waals surface area contributed by atoms with Gasteiger partial charge in [0.05, 0.1) is 23.4 Å². The number of anilines is 4. The maximum Gasteiger partial charge on any atom is 0.227 e. The number of nitrogens with one attached hydrogen (secondary N) is 1. The van der Waals surface area contributed by atoms with Gasteiger partial charge in [0.1, 0.15) is 5.75 Å². The third-order valence-electron chi connectivity index (χ3n) is 4.50. The molecule has 0 spiro atoms. The van der Waals surface area contributed by atoms with Crippen molar-refractivity contribution in [3.63, 3.8) is 0 Å². The quantitative estimate of drug-likeness (QED) is 0.394. The van der Waals surface area contributed by atoms with Gasteiger partial charge < -0.3 is 15.0 Å². The largest absolute Gasteiger partial charge is 0.497 e. The second-order valence-corrected chi connectivity index (χ2v) is 7.98. The monoisotopic (exact) mass is 437 g/mol. The summed E-state index contributed by atoms with van der Waals surface area (Å²) < 4.78 is 5.27. The molecule has 0 saturated heterocycles. The summed E-state index contributed by atoms with van der Waals surface area (Å²) in [4.78, 5) is 16.8. The van der Waals surface area contributed by atoms with Gasteiger partial charge in [0.15, 0.2) is 5.13 Å². The lowest BCUT2D eigenvalue weighted by atomic mass is 10.3. The number of methoxy groups -OCH3 is 1. The average Bonchev–Trinajstić information content (AvgIpc) is 3.16. The molecule has 2 aromatic carbocycles. The Labute approximate surface area is 184 Å². The molecule has 0 saturated carbocycles. The van der Waals surface area contributed by atoms with E-state index in [0.717, 1.165) is 38.5 Å². The highest BCUT2D eigenvalue weighted by Gasteiger charge is 2.15. The van der Waals surface area contributed by atoms with Crippen LogP contribution in [-0.2, 0) is 0 Å². The number of aromatic nitrogens is 3. The number of aryl methyl sites for hydroxylation is 1. The van der Waals surface area contributed by atoms with Crippen molar-refractivity contribution in [1.29, 1.82) is 0 Å². The van der Waals surface area contributed by atoms with Crippen LogP contribution in [0.1, 0.15) is 5.69 Å². The number of nitrogens with zero attached hydrogens (tertiary/aromatic N) is 4. The minimum Gasteiger partial charge on any atom is -0.497 e. The summed E-state index contributed by atoms with van der Waals surface area (Å²) in [7, 11) is 3.63. The third kappa shape index (κ3) is 4.37. The van der Waals surface area contributed by atoms with Crippen molar-refractivity contribution in [3.05, 3.63) is 71.5 Å². The summed E-state index contributed by atoms with van der Waals surface area (Å²) in [5.74, 6) is 1.28. The Hall–Kier alpha value is -3.16. The molecule has 152 valence electrons. The summed E-state index contributed by atoms with van der Waals surface area (Å²) in [6.07, 6.45) is 1.74. The van der Waals surface area contributed by atoms with E-state index in [2.05, 4.69) is 15.3 Å². The molecular weight excluding hydrogens is 418 g/mol. The summed E-state index contributed by atoms with van der Waals surface area (Å²) >= 11 is 7.59. The first-order chi connectivity index (χ1) is 14.5. The molecule has 4 aromatic rings. The molecule has 0 aliphatic carbocycles. The molecule has 0 atom stereocenters. The van der Waals surface area contributed by atoms with Crippen LogP contribution < -0.4 is 15.0 Å². The van der Waals surface area contributed by atoms with E-state index < -0.39 is 0 Å². The van der Waals surface area contributed by atoms with E-state index in [9.17, 15) is 0 Å². The Morgan fingerprint density at radius 2 is 1.87 bits per heavy atom. The highest BCUT2D eigenvalue weighted by atomic mass is 35.5. The number of thiazole rings is 1. The van der Waals surface area contributed by atoms with E-state index in [4.69, 9.17) is 21.3 Å². The molecular formula is C22H20ClN5OS. The zero-order valence-electron chi connectivity index (χ0n) is 16.8. The van der Waals surface area contributed by atoms with Crippen LogP contribution in [0.3, 0.4) is 0 Å². The summed E-state index contributed by atoms with van der Waals surface area (Å²) in [5.41, 5.74) is 3.61. The Bertz CT molecular complexity index is 1160. The van der Waals surface area contributed by atoms with Gasteiger partial charge in [-0.15, -0.1) is 0 Å². The maximum absolute atomic E-state index is 6.00. The normalized spacial score (nSPS) is 10.7. The Morgan fingerprint density at radius 1 is 1.07 bits per heavy atom. The highest BCUT2D eigenvalue weighted by molar-refractivity contribution is 7.19. The van der Waals surface area contributed by atoms with Gasteiger partial charge in [-0.05, 0) is 49.4 Å². The predicted octanol–water partition coefficient (Wildman–Crippen LogP) is 6.08. The fraction of sp³-hybridized carbons (Fsp3) is 0.136. The van der Waals surface area contributed by atoms with Crippen LogP contribution in [0.5, 0.6) is 5.75 Å². The van der Waals surface area contributed by atoms with Crippen LogP contribution in [0.4, 0.5) is 22.5 Å². The summed E-state index contributed by atoms with van der Waals surface area (Å²) in [6.45, 7) is 1.99. The average molecular weight is 438 g/mol. The molecule has 8 heteroatoms.